The van der Waals surface area contributed by atoms with E-state index in [-0.39, 0.29) is 5.91 Å². The number of amides is 1. The van der Waals surface area contributed by atoms with E-state index in [1.165, 1.54) is 0 Å². The number of hydrogen-bond donors (Lipinski definition) is 2. The minimum absolute atomic E-state index is 0.129. The van der Waals surface area contributed by atoms with Crippen LogP contribution in [0.5, 0.6) is 0 Å². The Bertz CT molecular complexity index is 415. The average molecular weight is 277 g/mol. The molecule has 0 bridgehead atoms. The second kappa shape index (κ2) is 7.41. The Balaban J connectivity index is 2.43. The van der Waals surface area contributed by atoms with E-state index in [4.69, 9.17) is 5.73 Å². The van der Waals surface area contributed by atoms with Gasteiger partial charge in [0, 0.05) is 12.6 Å². The SMILES string of the molecule is CC(C)N(C)CCCNC(=O)C(C)(N)c1ccccc1. The minimum Gasteiger partial charge on any atom is -0.354 e. The average Bonchev–Trinajstić information content (AvgIpc) is 2.43. The molecule has 0 radical (unpaired) electrons. The number of nitrogens with one attached hydrogen (secondary N) is 1. The van der Waals surface area contributed by atoms with Crippen LogP contribution in [0.15, 0.2) is 30.3 Å². The quantitative estimate of drug-likeness (QED) is 0.746. The number of benzene rings is 1. The van der Waals surface area contributed by atoms with Crippen LogP contribution in [0.4, 0.5) is 0 Å². The van der Waals surface area contributed by atoms with E-state index in [0.717, 1.165) is 18.5 Å². The third kappa shape index (κ3) is 4.62. The van der Waals surface area contributed by atoms with Crippen molar-refractivity contribution in [3.05, 3.63) is 35.9 Å². The highest BCUT2D eigenvalue weighted by molar-refractivity contribution is 5.86. The summed E-state index contributed by atoms with van der Waals surface area (Å²) in [6.07, 6.45) is 0.922. The molecular weight excluding hydrogens is 250 g/mol. The van der Waals surface area contributed by atoms with E-state index in [2.05, 4.69) is 31.1 Å². The summed E-state index contributed by atoms with van der Waals surface area (Å²) in [4.78, 5) is 14.4. The van der Waals surface area contributed by atoms with Crippen molar-refractivity contribution in [1.29, 1.82) is 0 Å². The lowest BCUT2D eigenvalue weighted by atomic mass is 9.92. The zero-order valence-electron chi connectivity index (χ0n) is 13.0. The minimum atomic E-state index is -0.981. The summed E-state index contributed by atoms with van der Waals surface area (Å²) in [5, 5.41) is 2.93. The number of carbonyl (C=O) groups is 1. The van der Waals surface area contributed by atoms with E-state index < -0.39 is 5.54 Å². The lowest BCUT2D eigenvalue weighted by Gasteiger charge is -2.25. The topological polar surface area (TPSA) is 58.4 Å². The van der Waals surface area contributed by atoms with Gasteiger partial charge in [-0.15, -0.1) is 0 Å². The second-order valence-electron chi connectivity index (χ2n) is 5.75. The summed E-state index contributed by atoms with van der Waals surface area (Å²) in [6.45, 7) is 7.67. The summed E-state index contributed by atoms with van der Waals surface area (Å²) in [7, 11) is 2.09. The Morgan fingerprint density at radius 2 is 1.95 bits per heavy atom. The molecule has 0 saturated carbocycles. The van der Waals surface area contributed by atoms with Crippen molar-refractivity contribution in [3.8, 4) is 0 Å². The molecule has 4 heteroatoms. The molecule has 3 N–H and O–H groups in total. The first-order valence-electron chi connectivity index (χ1n) is 7.18. The zero-order chi connectivity index (χ0) is 15.2. The van der Waals surface area contributed by atoms with Crippen molar-refractivity contribution in [2.24, 2.45) is 5.73 Å². The maximum atomic E-state index is 12.2. The zero-order valence-corrected chi connectivity index (χ0v) is 13.0. The van der Waals surface area contributed by atoms with Crippen molar-refractivity contribution in [2.45, 2.75) is 38.8 Å². The molecule has 1 atom stereocenters. The van der Waals surface area contributed by atoms with Gasteiger partial charge in [0.2, 0.25) is 5.91 Å². The fourth-order valence-corrected chi connectivity index (χ4v) is 1.89. The van der Waals surface area contributed by atoms with Crippen molar-refractivity contribution in [3.63, 3.8) is 0 Å². The Kier molecular flexibility index (Phi) is 6.17. The van der Waals surface area contributed by atoms with Crippen LogP contribution in [-0.4, -0.2) is 37.0 Å². The van der Waals surface area contributed by atoms with E-state index >= 15 is 0 Å². The Hall–Kier alpha value is -1.39. The molecule has 0 spiro atoms. The fraction of sp³-hybridized carbons (Fsp3) is 0.562. The first-order valence-corrected chi connectivity index (χ1v) is 7.18. The van der Waals surface area contributed by atoms with Crippen LogP contribution in [0, 0.1) is 0 Å². The molecule has 1 aromatic carbocycles. The molecule has 1 rings (SSSR count). The first-order chi connectivity index (χ1) is 9.35. The molecule has 0 aliphatic rings. The molecule has 0 saturated heterocycles. The standard InChI is InChI=1S/C16H27N3O/c1-13(2)19(4)12-8-11-18-15(20)16(3,17)14-9-6-5-7-10-14/h5-7,9-10,13H,8,11-12,17H2,1-4H3,(H,18,20). The summed E-state index contributed by atoms with van der Waals surface area (Å²) in [5.74, 6) is -0.129. The molecule has 0 heterocycles. The summed E-state index contributed by atoms with van der Waals surface area (Å²) in [6, 6.07) is 9.99. The number of hydrogen-bond acceptors (Lipinski definition) is 3. The van der Waals surface area contributed by atoms with Gasteiger partial charge in [0.15, 0.2) is 0 Å². The molecule has 4 nitrogen and oxygen atoms in total. The molecule has 1 aromatic rings. The third-order valence-corrected chi connectivity index (χ3v) is 3.70. The van der Waals surface area contributed by atoms with Crippen molar-refractivity contribution >= 4 is 5.91 Å². The molecule has 1 unspecified atom stereocenters. The Labute approximate surface area is 122 Å². The second-order valence-corrected chi connectivity index (χ2v) is 5.75. The lowest BCUT2D eigenvalue weighted by Crippen LogP contribution is -2.49. The van der Waals surface area contributed by atoms with Gasteiger partial charge in [-0.1, -0.05) is 30.3 Å². The van der Waals surface area contributed by atoms with Crippen LogP contribution in [-0.2, 0) is 10.3 Å². The highest BCUT2D eigenvalue weighted by Crippen LogP contribution is 2.17. The maximum Gasteiger partial charge on any atom is 0.244 e. The van der Waals surface area contributed by atoms with Gasteiger partial charge in [-0.05, 0) is 46.3 Å². The predicted molar refractivity (Wildman–Crippen MR) is 83.4 cm³/mol. The van der Waals surface area contributed by atoms with Gasteiger partial charge in [-0.25, -0.2) is 0 Å². The van der Waals surface area contributed by atoms with Crippen LogP contribution in [0.2, 0.25) is 0 Å². The van der Waals surface area contributed by atoms with E-state index in [1.54, 1.807) is 6.92 Å². The smallest absolute Gasteiger partial charge is 0.244 e. The van der Waals surface area contributed by atoms with Crippen LogP contribution in [0.3, 0.4) is 0 Å². The molecule has 0 fully saturated rings. The fourth-order valence-electron chi connectivity index (χ4n) is 1.89. The monoisotopic (exact) mass is 277 g/mol. The van der Waals surface area contributed by atoms with Gasteiger partial charge in [0.25, 0.3) is 0 Å². The molecule has 0 aliphatic carbocycles. The molecule has 0 aliphatic heterocycles. The van der Waals surface area contributed by atoms with Crippen LogP contribution in [0.25, 0.3) is 0 Å². The predicted octanol–water partition coefficient (Wildman–Crippen LogP) is 1.71. The summed E-state index contributed by atoms with van der Waals surface area (Å²) < 4.78 is 0. The first kappa shape index (κ1) is 16.7. The van der Waals surface area contributed by atoms with Crippen LogP contribution < -0.4 is 11.1 Å². The normalized spacial score (nSPS) is 14.3. The Morgan fingerprint density at radius 1 is 1.35 bits per heavy atom. The van der Waals surface area contributed by atoms with Gasteiger partial charge in [-0.2, -0.15) is 0 Å². The van der Waals surface area contributed by atoms with Crippen LogP contribution >= 0.6 is 0 Å². The lowest BCUT2D eigenvalue weighted by molar-refractivity contribution is -0.126. The van der Waals surface area contributed by atoms with E-state index in [9.17, 15) is 4.79 Å². The van der Waals surface area contributed by atoms with Gasteiger partial charge in [-0.3, -0.25) is 4.79 Å². The number of nitrogens with two attached hydrogens (primary N) is 1. The van der Waals surface area contributed by atoms with Crippen molar-refractivity contribution in [2.75, 3.05) is 20.1 Å². The van der Waals surface area contributed by atoms with Gasteiger partial charge >= 0.3 is 0 Å². The number of rotatable bonds is 7. The van der Waals surface area contributed by atoms with Gasteiger partial charge in [0.1, 0.15) is 5.54 Å². The molecule has 20 heavy (non-hydrogen) atoms. The number of nitrogens with zero attached hydrogens (tertiary/aromatic N) is 1. The highest BCUT2D eigenvalue weighted by Gasteiger charge is 2.29. The molecule has 112 valence electrons. The summed E-state index contributed by atoms with van der Waals surface area (Å²) >= 11 is 0. The summed E-state index contributed by atoms with van der Waals surface area (Å²) in [5.41, 5.74) is 6.00. The molecule has 1 amide bonds. The largest absolute Gasteiger partial charge is 0.354 e. The highest BCUT2D eigenvalue weighted by atomic mass is 16.2. The molecular formula is C16H27N3O. The van der Waals surface area contributed by atoms with E-state index in [0.29, 0.717) is 12.6 Å². The van der Waals surface area contributed by atoms with Gasteiger partial charge < -0.3 is 16.0 Å². The maximum absolute atomic E-state index is 12.2. The molecule has 0 aromatic heterocycles. The Morgan fingerprint density at radius 3 is 2.50 bits per heavy atom. The van der Waals surface area contributed by atoms with Crippen molar-refractivity contribution in [1.82, 2.24) is 10.2 Å². The van der Waals surface area contributed by atoms with E-state index in [1.807, 2.05) is 30.3 Å². The van der Waals surface area contributed by atoms with Crippen LogP contribution in [0.1, 0.15) is 32.8 Å². The third-order valence-electron chi connectivity index (χ3n) is 3.70. The van der Waals surface area contributed by atoms with Gasteiger partial charge in [0.05, 0.1) is 0 Å². The number of carbonyl (C=O) groups excluding carboxylic acids is 1. The van der Waals surface area contributed by atoms with Crippen molar-refractivity contribution < 1.29 is 4.79 Å².